The molecule has 1 saturated heterocycles. The molecule has 7 rings (SSSR count). The number of rotatable bonds is 6. The van der Waals surface area contributed by atoms with E-state index in [2.05, 4.69) is 0 Å². The number of carbonyl (C=O) groups excluding carboxylic acids is 3. The molecule has 1 spiro atoms. The molecule has 2 aliphatic heterocycles. The van der Waals surface area contributed by atoms with Crippen molar-refractivity contribution in [1.29, 1.82) is 0 Å². The smallest absolute Gasteiger partial charge is 0.185 e. The summed E-state index contributed by atoms with van der Waals surface area (Å²) in [6.45, 7) is 0. The van der Waals surface area contributed by atoms with Crippen molar-refractivity contribution in [3.63, 3.8) is 0 Å². The van der Waals surface area contributed by atoms with Gasteiger partial charge in [0.2, 0.25) is 0 Å². The Balaban J connectivity index is 1.55. The summed E-state index contributed by atoms with van der Waals surface area (Å²) in [6.07, 6.45) is 3.86. The highest BCUT2D eigenvalue weighted by molar-refractivity contribution is 6.32. The molecule has 0 radical (unpaired) electrons. The first-order chi connectivity index (χ1) is 20.9. The minimum atomic E-state index is -1.62. The molecule has 7 nitrogen and oxygen atoms in total. The normalized spacial score (nSPS) is 20.9. The number of ketones is 3. The summed E-state index contributed by atoms with van der Waals surface area (Å²) in [7, 11) is 4.67. The number of benzene rings is 4. The van der Waals surface area contributed by atoms with Gasteiger partial charge in [0.25, 0.3) is 0 Å². The van der Waals surface area contributed by atoms with E-state index in [9.17, 15) is 14.4 Å². The first-order valence-electron chi connectivity index (χ1n) is 14.1. The molecule has 3 atom stereocenters. The minimum absolute atomic E-state index is 0.214. The van der Waals surface area contributed by atoms with Crippen molar-refractivity contribution >= 4 is 29.1 Å². The van der Waals surface area contributed by atoms with Gasteiger partial charge in [-0.25, -0.2) is 0 Å². The van der Waals surface area contributed by atoms with Gasteiger partial charge in [-0.2, -0.15) is 0 Å². The van der Waals surface area contributed by atoms with E-state index in [4.69, 9.17) is 14.2 Å². The van der Waals surface area contributed by atoms with Crippen LogP contribution in [0.15, 0.2) is 97.1 Å². The summed E-state index contributed by atoms with van der Waals surface area (Å²) in [6, 6.07) is 25.3. The summed E-state index contributed by atoms with van der Waals surface area (Å²) < 4.78 is 16.7. The van der Waals surface area contributed by atoms with E-state index in [0.717, 1.165) is 11.3 Å². The summed E-state index contributed by atoms with van der Waals surface area (Å²) in [5.41, 5.74) is 1.84. The maximum atomic E-state index is 14.8. The molecular weight excluding hydrogens is 542 g/mol. The van der Waals surface area contributed by atoms with Gasteiger partial charge in [-0.3, -0.25) is 14.4 Å². The number of methoxy groups -OCH3 is 3. The van der Waals surface area contributed by atoms with Crippen LogP contribution in [0.4, 0.5) is 5.69 Å². The van der Waals surface area contributed by atoms with E-state index in [1.165, 1.54) is 7.11 Å². The highest BCUT2D eigenvalue weighted by Gasteiger charge is 2.72. The van der Waals surface area contributed by atoms with Crippen molar-refractivity contribution in [2.24, 2.45) is 5.41 Å². The predicted octanol–water partition coefficient (Wildman–Crippen LogP) is 6.03. The molecule has 0 N–H and O–H groups in total. The number of hydrogen-bond donors (Lipinski definition) is 0. The van der Waals surface area contributed by atoms with Crippen LogP contribution in [0.5, 0.6) is 17.2 Å². The Bertz CT molecular complexity index is 1790. The maximum Gasteiger partial charge on any atom is 0.185 e. The van der Waals surface area contributed by atoms with Crippen molar-refractivity contribution in [2.45, 2.75) is 18.0 Å². The van der Waals surface area contributed by atoms with E-state index in [0.29, 0.717) is 39.5 Å². The molecule has 3 aliphatic rings. The van der Waals surface area contributed by atoms with Crippen LogP contribution in [0.3, 0.4) is 0 Å². The zero-order chi connectivity index (χ0) is 29.9. The van der Waals surface area contributed by atoms with E-state index < -0.39 is 23.4 Å². The standard InChI is InChI=1S/C36H29NO6/c1-41-23-15-12-22(13-16-23)33(38)32-31(27-18-17-24(42-2)20-29(27)43-3)36(34(39)25-9-5-6-10-26(25)35(36)40)30-19-14-21-8-4-7-11-28(21)37(30)32/h4-20,30-32H,1-3H3/t30-,31-,32+/m0/s1. The Morgan fingerprint density at radius 1 is 0.744 bits per heavy atom. The second-order valence-corrected chi connectivity index (χ2v) is 11.0. The van der Waals surface area contributed by atoms with Crippen molar-refractivity contribution in [1.82, 2.24) is 0 Å². The second-order valence-electron chi connectivity index (χ2n) is 11.0. The van der Waals surface area contributed by atoms with Gasteiger partial charge in [0, 0.05) is 39.9 Å². The predicted molar refractivity (Wildman–Crippen MR) is 163 cm³/mol. The molecule has 2 heterocycles. The van der Waals surface area contributed by atoms with Crippen molar-refractivity contribution in [3.8, 4) is 17.2 Å². The third-order valence-corrected chi connectivity index (χ3v) is 9.13. The number of Topliss-reactive ketones (excluding diaryl/α,β-unsaturated/α-hetero) is 3. The van der Waals surface area contributed by atoms with Gasteiger partial charge in [0.1, 0.15) is 28.7 Å². The average Bonchev–Trinajstić information content (AvgIpc) is 3.50. The van der Waals surface area contributed by atoms with Crippen LogP contribution in [0.25, 0.3) is 6.08 Å². The molecular formula is C36H29NO6. The molecule has 214 valence electrons. The molecule has 0 bridgehead atoms. The van der Waals surface area contributed by atoms with E-state index in [-0.39, 0.29) is 17.3 Å². The lowest BCUT2D eigenvalue weighted by molar-refractivity contribution is 0.0665. The zero-order valence-electron chi connectivity index (χ0n) is 23.9. The average molecular weight is 572 g/mol. The van der Waals surface area contributed by atoms with E-state index in [1.54, 1.807) is 74.9 Å². The van der Waals surface area contributed by atoms with Crippen LogP contribution in [0, 0.1) is 5.41 Å². The minimum Gasteiger partial charge on any atom is -0.497 e. The number of fused-ring (bicyclic) bond motifs is 5. The van der Waals surface area contributed by atoms with Gasteiger partial charge in [-0.15, -0.1) is 0 Å². The van der Waals surface area contributed by atoms with Crippen LogP contribution in [-0.4, -0.2) is 50.8 Å². The molecule has 0 amide bonds. The van der Waals surface area contributed by atoms with Gasteiger partial charge in [-0.1, -0.05) is 60.7 Å². The van der Waals surface area contributed by atoms with Gasteiger partial charge in [0.05, 0.1) is 27.4 Å². The highest BCUT2D eigenvalue weighted by Crippen LogP contribution is 2.62. The molecule has 0 aromatic heterocycles. The zero-order valence-corrected chi connectivity index (χ0v) is 23.9. The molecule has 0 saturated carbocycles. The molecule has 0 unspecified atom stereocenters. The lowest BCUT2D eigenvalue weighted by Crippen LogP contribution is -2.48. The summed E-state index contributed by atoms with van der Waals surface area (Å²) in [5, 5.41) is 0. The molecule has 4 aromatic carbocycles. The first-order valence-corrected chi connectivity index (χ1v) is 14.1. The van der Waals surface area contributed by atoms with Crippen molar-refractivity contribution in [3.05, 3.63) is 125 Å². The number of carbonyl (C=O) groups is 3. The first kappa shape index (κ1) is 26.7. The monoisotopic (exact) mass is 571 g/mol. The molecule has 4 aromatic rings. The number of para-hydroxylation sites is 1. The lowest BCUT2D eigenvalue weighted by atomic mass is 9.64. The summed E-state index contributed by atoms with van der Waals surface area (Å²) in [5.74, 6) is -0.0789. The van der Waals surface area contributed by atoms with Crippen molar-refractivity contribution < 1.29 is 28.6 Å². The Kier molecular flexibility index (Phi) is 6.20. The molecule has 43 heavy (non-hydrogen) atoms. The van der Waals surface area contributed by atoms with Gasteiger partial charge < -0.3 is 19.1 Å². The Morgan fingerprint density at radius 2 is 1.37 bits per heavy atom. The largest absolute Gasteiger partial charge is 0.497 e. The Labute approximate surface area is 249 Å². The number of anilines is 1. The third kappa shape index (κ3) is 3.64. The van der Waals surface area contributed by atoms with Gasteiger partial charge in [-0.05, 0) is 42.0 Å². The lowest BCUT2D eigenvalue weighted by Gasteiger charge is -2.37. The van der Waals surface area contributed by atoms with Crippen molar-refractivity contribution in [2.75, 3.05) is 26.2 Å². The van der Waals surface area contributed by atoms with Crippen LogP contribution >= 0.6 is 0 Å². The maximum absolute atomic E-state index is 14.8. The topological polar surface area (TPSA) is 82.1 Å². The Morgan fingerprint density at radius 3 is 2.02 bits per heavy atom. The number of hydrogen-bond acceptors (Lipinski definition) is 7. The quantitative estimate of drug-likeness (QED) is 0.207. The fourth-order valence-corrected chi connectivity index (χ4v) is 7.26. The fraction of sp³-hybridized carbons (Fsp3) is 0.194. The van der Waals surface area contributed by atoms with Crippen LogP contribution in [-0.2, 0) is 0 Å². The Hall–Kier alpha value is -5.17. The van der Waals surface area contributed by atoms with E-state index in [1.807, 2.05) is 47.4 Å². The molecule has 7 heteroatoms. The fourth-order valence-electron chi connectivity index (χ4n) is 7.26. The SMILES string of the molecule is COc1ccc(C(=O)[C@H]2[C@H](c3ccc(OC)cc3OC)C3(C(=O)c4ccccc4C3=O)[C@@H]3C=Cc4ccccc4N32)cc1. The van der Waals surface area contributed by atoms with Crippen LogP contribution < -0.4 is 19.1 Å². The van der Waals surface area contributed by atoms with Gasteiger partial charge >= 0.3 is 0 Å². The molecule has 1 aliphatic carbocycles. The van der Waals surface area contributed by atoms with Crippen LogP contribution in [0.2, 0.25) is 0 Å². The highest BCUT2D eigenvalue weighted by atomic mass is 16.5. The number of ether oxygens (including phenoxy) is 3. The molecule has 1 fully saturated rings. The van der Waals surface area contributed by atoms with Gasteiger partial charge in [0.15, 0.2) is 17.3 Å². The third-order valence-electron chi connectivity index (χ3n) is 9.13. The second kappa shape index (κ2) is 9.98. The van der Waals surface area contributed by atoms with Crippen LogP contribution in [0.1, 0.15) is 48.1 Å². The number of nitrogens with zero attached hydrogens (tertiary/aromatic N) is 1. The van der Waals surface area contributed by atoms with E-state index >= 15 is 0 Å². The summed E-state index contributed by atoms with van der Waals surface area (Å²) in [4.78, 5) is 46.5. The summed E-state index contributed by atoms with van der Waals surface area (Å²) >= 11 is 0.